The summed E-state index contributed by atoms with van der Waals surface area (Å²) < 4.78 is 97.0. The van der Waals surface area contributed by atoms with Crippen molar-refractivity contribution in [3.05, 3.63) is 24.3 Å². The average Bonchev–Trinajstić information content (AvgIpc) is 4.05. The van der Waals surface area contributed by atoms with Gasteiger partial charge in [0.1, 0.15) is 36.3 Å². The number of hydrogen-bond acceptors (Lipinski definition) is 17. The summed E-state index contributed by atoms with van der Waals surface area (Å²) in [6.07, 6.45) is 4.65. The third-order valence-corrected chi connectivity index (χ3v) is 22.1. The Hall–Kier alpha value is -1.98. The first-order valence-corrected chi connectivity index (χ1v) is 30.5. The van der Waals surface area contributed by atoms with Crippen LogP contribution >= 0.6 is 0 Å². The lowest BCUT2D eigenvalue weighted by atomic mass is 9.72. The van der Waals surface area contributed by atoms with Gasteiger partial charge in [0.25, 0.3) is 0 Å². The number of aliphatic hydroxyl groups is 1. The van der Waals surface area contributed by atoms with Gasteiger partial charge in [-0.3, -0.25) is 9.59 Å². The predicted octanol–water partition coefficient (Wildman–Crippen LogP) is 6.32. The van der Waals surface area contributed by atoms with E-state index in [4.69, 9.17) is 66.3 Å². The number of Topliss-reactive ketones (excluding diaryl/α,β-unsaturated/α-hetero) is 1. The SMILES string of the molecule is C=C1C[C@@H]2CC[C@@]34CC5O[C@H]6[C@@H](O3)[C@H]3O[C@H](CC[C@@H]3O[C@H]6C5O4)CC(=O)C[C@@H]3[C@@H](C)[C@@H]4O[C@@H]5C[C@]6(C[C@@H]7O[C@]8(C[C@H](C)[C@@H]9O[C@H](CC(=O)O)[C@H](O)C[C@@H]9O8)C[C@H](C)[C@@H]7O6)O[C@@H]5C[C@@H]4O[C@H]3C[C@H]3O[C@@H](CC[C@@H]1O2)C[C@@H](C)C3=C. The van der Waals surface area contributed by atoms with E-state index < -0.39 is 41.6 Å². The van der Waals surface area contributed by atoms with Crippen molar-refractivity contribution < 1.29 is 86.1 Å². The maximum Gasteiger partial charge on any atom is 0.306 e. The lowest BCUT2D eigenvalue weighted by Gasteiger charge is -2.54. The van der Waals surface area contributed by atoms with Gasteiger partial charge in [0.2, 0.25) is 0 Å². The molecule has 0 aromatic carbocycles. The zero-order chi connectivity index (χ0) is 53.3. The van der Waals surface area contributed by atoms with Gasteiger partial charge in [-0.05, 0) is 85.7 Å². The molecular formula is C60H84O18. The first kappa shape index (κ1) is 52.8. The molecule has 0 radical (unpaired) electrons. The van der Waals surface area contributed by atoms with E-state index >= 15 is 0 Å². The number of aliphatic hydroxyl groups excluding tert-OH is 1. The van der Waals surface area contributed by atoms with E-state index in [9.17, 15) is 19.8 Å². The number of carboxylic acids is 1. The molecular weight excluding hydrogens is 1010 g/mol. The highest BCUT2D eigenvalue weighted by Gasteiger charge is 2.70. The number of ether oxygens (including phenoxy) is 14. The third-order valence-electron chi connectivity index (χ3n) is 22.1. The van der Waals surface area contributed by atoms with Crippen molar-refractivity contribution in [3.8, 4) is 0 Å². The van der Waals surface area contributed by atoms with Gasteiger partial charge in [-0.2, -0.15) is 0 Å². The lowest BCUT2D eigenvalue weighted by Crippen LogP contribution is -2.62. The quantitative estimate of drug-likeness (QED) is 0.291. The molecule has 2 N–H and O–H groups in total. The molecule has 78 heavy (non-hydrogen) atoms. The molecule has 0 aromatic rings. The lowest BCUT2D eigenvalue weighted by molar-refractivity contribution is -0.371. The van der Waals surface area contributed by atoms with Crippen LogP contribution in [0.5, 0.6) is 0 Å². The van der Waals surface area contributed by atoms with Crippen LogP contribution in [0.2, 0.25) is 0 Å². The van der Waals surface area contributed by atoms with Gasteiger partial charge in [-0.15, -0.1) is 0 Å². The molecule has 18 heteroatoms. The second kappa shape index (κ2) is 19.5. The summed E-state index contributed by atoms with van der Waals surface area (Å²) in [7, 11) is 0. The Morgan fingerprint density at radius 2 is 1.19 bits per heavy atom. The molecule has 16 aliphatic heterocycles. The molecule has 16 rings (SSSR count). The van der Waals surface area contributed by atoms with E-state index in [0.29, 0.717) is 64.2 Å². The summed E-state index contributed by atoms with van der Waals surface area (Å²) in [6.45, 7) is 17.9. The molecule has 16 saturated heterocycles. The van der Waals surface area contributed by atoms with Crippen molar-refractivity contribution >= 4 is 11.8 Å². The van der Waals surface area contributed by atoms with E-state index in [-0.39, 0.29) is 177 Å². The number of hydrogen-bond donors (Lipinski definition) is 2. The summed E-state index contributed by atoms with van der Waals surface area (Å²) in [4.78, 5) is 26.3. The molecule has 16 aliphatic rings. The average molecular weight is 1090 g/mol. The minimum atomic E-state index is -0.998. The van der Waals surface area contributed by atoms with Gasteiger partial charge >= 0.3 is 5.97 Å². The van der Waals surface area contributed by atoms with Gasteiger partial charge in [-0.25, -0.2) is 0 Å². The van der Waals surface area contributed by atoms with Crippen molar-refractivity contribution in [2.45, 2.75) is 307 Å². The van der Waals surface area contributed by atoms with Crippen molar-refractivity contribution in [3.63, 3.8) is 0 Å². The fourth-order valence-electron chi connectivity index (χ4n) is 18.4. The van der Waals surface area contributed by atoms with E-state index in [1.54, 1.807) is 0 Å². The van der Waals surface area contributed by atoms with Crippen LogP contribution in [0.25, 0.3) is 0 Å². The highest BCUT2D eigenvalue weighted by Crippen LogP contribution is 2.58. The molecule has 18 nitrogen and oxygen atoms in total. The Balaban J connectivity index is 0.661. The monoisotopic (exact) mass is 1090 g/mol. The van der Waals surface area contributed by atoms with Crippen LogP contribution in [-0.4, -0.2) is 180 Å². The predicted molar refractivity (Wildman–Crippen MR) is 272 cm³/mol. The minimum Gasteiger partial charge on any atom is -0.481 e. The highest BCUT2D eigenvalue weighted by molar-refractivity contribution is 5.79. The first-order valence-electron chi connectivity index (χ1n) is 30.5. The molecule has 0 saturated carbocycles. The zero-order valence-corrected chi connectivity index (χ0v) is 45.9. The highest BCUT2D eigenvalue weighted by atomic mass is 16.8. The van der Waals surface area contributed by atoms with E-state index in [1.165, 1.54) is 0 Å². The summed E-state index contributed by atoms with van der Waals surface area (Å²) in [5.74, 6) is -3.27. The van der Waals surface area contributed by atoms with Gasteiger partial charge in [-0.1, -0.05) is 40.9 Å². The van der Waals surface area contributed by atoms with E-state index in [0.717, 1.165) is 49.7 Å². The van der Waals surface area contributed by atoms with Crippen LogP contribution in [0.3, 0.4) is 0 Å². The second-order valence-electron chi connectivity index (χ2n) is 27.5. The fraction of sp³-hybridized carbons (Fsp3) is 0.900. The number of carboxylic acid groups (broad SMARTS) is 1. The van der Waals surface area contributed by atoms with Gasteiger partial charge in [0.05, 0.1) is 116 Å². The van der Waals surface area contributed by atoms with Crippen LogP contribution in [-0.2, 0) is 75.9 Å². The molecule has 0 amide bonds. The molecule has 31 atom stereocenters. The van der Waals surface area contributed by atoms with Crippen LogP contribution in [0.1, 0.15) is 150 Å². The van der Waals surface area contributed by atoms with Crippen LogP contribution in [0.4, 0.5) is 0 Å². The summed E-state index contributed by atoms with van der Waals surface area (Å²) >= 11 is 0. The number of fused-ring (bicyclic) bond motifs is 10. The van der Waals surface area contributed by atoms with E-state index in [1.807, 2.05) is 0 Å². The van der Waals surface area contributed by atoms with Crippen molar-refractivity contribution in [2.75, 3.05) is 0 Å². The number of ketones is 1. The molecule has 432 valence electrons. The number of carbonyl (C=O) groups excluding carboxylic acids is 1. The molecule has 12 bridgehead atoms. The summed E-state index contributed by atoms with van der Waals surface area (Å²) in [5, 5.41) is 20.4. The summed E-state index contributed by atoms with van der Waals surface area (Å²) in [6, 6.07) is 0. The largest absolute Gasteiger partial charge is 0.481 e. The normalized spacial score (nSPS) is 58.1. The maximum absolute atomic E-state index is 14.8. The third kappa shape index (κ3) is 9.03. The standard InChI is InChI=1S/C60H84O18/c1-26-13-33-7-9-38-27(2)14-35(65-38)11-12-58-24-47-54(77-58)55-56(72-47)57(78-58)53-39(69-55)10-8-34(67-53)15-32(61)16-36-31(6)52-44(68-41(36)18-40(66-33)30(26)5)19-43-46(71-52)23-60(73-43)25-48-51(76-60)29(4)22-59(75-48)21-28(3)50-45(74-59)17-37(62)42(70-50)20-49(63)64/h26,28-29,31,33-48,50-57,62H,2,5,7-25H2,1,3-4,6H3,(H,63,64)/t26-,28+,29+,31-,33+,34-,35+,36-,37-,38+,39+,40-,41+,42-,43-,44+,45+,46-,47?,48+,50+,51+,52+,53+,54?,55+,56-,57+,58+,59-,60+/m1/s1. The second-order valence-corrected chi connectivity index (χ2v) is 27.5. The minimum absolute atomic E-state index is 0.0175. The van der Waals surface area contributed by atoms with Crippen LogP contribution in [0, 0.1) is 29.6 Å². The molecule has 0 aliphatic carbocycles. The Kier molecular flexibility index (Phi) is 13.2. The molecule has 16 heterocycles. The Bertz CT molecular complexity index is 2370. The van der Waals surface area contributed by atoms with Crippen LogP contribution in [0.15, 0.2) is 24.3 Å². The summed E-state index contributed by atoms with van der Waals surface area (Å²) in [5.41, 5.74) is 2.22. The topological polar surface area (TPSA) is 204 Å². The Morgan fingerprint density at radius 1 is 0.513 bits per heavy atom. The molecule has 2 unspecified atom stereocenters. The zero-order valence-electron chi connectivity index (χ0n) is 45.9. The van der Waals surface area contributed by atoms with Crippen molar-refractivity contribution in [1.82, 2.24) is 0 Å². The number of rotatable bonds is 2. The van der Waals surface area contributed by atoms with Gasteiger partial charge < -0.3 is 76.5 Å². The first-order chi connectivity index (χ1) is 37.4. The van der Waals surface area contributed by atoms with Crippen LogP contribution < -0.4 is 0 Å². The van der Waals surface area contributed by atoms with Gasteiger partial charge in [0, 0.05) is 70.6 Å². The molecule has 16 fully saturated rings. The fourth-order valence-corrected chi connectivity index (χ4v) is 18.4. The van der Waals surface area contributed by atoms with E-state index in [2.05, 4.69) is 40.9 Å². The molecule has 0 aromatic heterocycles. The maximum atomic E-state index is 14.8. The Morgan fingerprint density at radius 3 is 2.04 bits per heavy atom. The molecule has 3 spiro atoms. The van der Waals surface area contributed by atoms with Crippen molar-refractivity contribution in [1.29, 1.82) is 0 Å². The van der Waals surface area contributed by atoms with Crippen molar-refractivity contribution in [2.24, 2.45) is 29.6 Å². The Labute approximate surface area is 457 Å². The van der Waals surface area contributed by atoms with Gasteiger partial charge in [0.15, 0.2) is 17.4 Å². The smallest absolute Gasteiger partial charge is 0.306 e. The number of aliphatic carboxylic acids is 1. The number of carbonyl (C=O) groups is 2.